The van der Waals surface area contributed by atoms with E-state index in [0.29, 0.717) is 16.2 Å². The molecule has 3 N–H and O–H groups in total. The molecule has 2 heterocycles. The van der Waals surface area contributed by atoms with E-state index in [1.165, 1.54) is 0 Å². The van der Waals surface area contributed by atoms with Gasteiger partial charge in [-0.3, -0.25) is 0 Å². The average Bonchev–Trinajstić information content (AvgIpc) is 2.27. The fourth-order valence-electron chi connectivity index (χ4n) is 1.70. The van der Waals surface area contributed by atoms with Crippen molar-refractivity contribution in [3.05, 3.63) is 35.1 Å². The van der Waals surface area contributed by atoms with Gasteiger partial charge in [0, 0.05) is 5.39 Å². The molecule has 0 saturated carbocycles. The van der Waals surface area contributed by atoms with Crippen LogP contribution < -0.4 is 5.73 Å². The van der Waals surface area contributed by atoms with Gasteiger partial charge in [-0.15, -0.1) is 0 Å². The lowest BCUT2D eigenvalue weighted by atomic mass is 10.2. The first-order valence-electron chi connectivity index (χ1n) is 4.79. The number of aromatic nitrogens is 3. The van der Waals surface area contributed by atoms with Crippen molar-refractivity contribution in [1.29, 1.82) is 0 Å². The molecule has 0 fully saturated rings. The van der Waals surface area contributed by atoms with Gasteiger partial charge in [-0.1, -0.05) is 18.2 Å². The molecule has 5 heteroatoms. The molecule has 0 aliphatic rings. The van der Waals surface area contributed by atoms with Crippen LogP contribution in [0.2, 0.25) is 0 Å². The van der Waals surface area contributed by atoms with E-state index >= 15 is 0 Å². The maximum atomic E-state index is 5.85. The van der Waals surface area contributed by atoms with Crippen LogP contribution in [-0.4, -0.2) is 15.0 Å². The number of para-hydroxylation sites is 1. The number of anilines is 1. The summed E-state index contributed by atoms with van der Waals surface area (Å²) in [5.74, 6) is 0.508. The number of aromatic amines is 1. The van der Waals surface area contributed by atoms with Crippen molar-refractivity contribution >= 4 is 40.0 Å². The normalized spacial score (nSPS) is 11.0. The number of H-pyrrole nitrogens is 1. The second-order valence-corrected chi connectivity index (χ2v) is 3.89. The third kappa shape index (κ3) is 1.33. The molecule has 3 aromatic rings. The molecule has 78 valence electrons. The SMILES string of the molecule is Nc1[nH]c(=S)nc2nc3ccccc3cc12. The smallest absolute Gasteiger partial charge is 0.200 e. The Hall–Kier alpha value is -2.01. The van der Waals surface area contributed by atoms with E-state index < -0.39 is 0 Å². The minimum atomic E-state index is 0.354. The zero-order valence-corrected chi connectivity index (χ0v) is 9.08. The largest absolute Gasteiger partial charge is 0.385 e. The highest BCUT2D eigenvalue weighted by atomic mass is 32.1. The van der Waals surface area contributed by atoms with Crippen LogP contribution in [0.25, 0.3) is 21.9 Å². The van der Waals surface area contributed by atoms with E-state index in [0.717, 1.165) is 16.3 Å². The highest BCUT2D eigenvalue weighted by molar-refractivity contribution is 7.71. The maximum absolute atomic E-state index is 5.85. The molecule has 0 unspecified atom stereocenters. The molecular formula is C11H8N4S. The Kier molecular flexibility index (Phi) is 1.87. The van der Waals surface area contributed by atoms with Gasteiger partial charge >= 0.3 is 0 Å². The molecular weight excluding hydrogens is 220 g/mol. The van der Waals surface area contributed by atoms with Crippen molar-refractivity contribution in [3.63, 3.8) is 0 Å². The summed E-state index contributed by atoms with van der Waals surface area (Å²) in [5.41, 5.74) is 7.32. The number of nitrogens with one attached hydrogen (secondary N) is 1. The molecule has 1 aromatic carbocycles. The van der Waals surface area contributed by atoms with Gasteiger partial charge in [-0.25, -0.2) is 4.98 Å². The number of rotatable bonds is 0. The molecule has 0 amide bonds. The van der Waals surface area contributed by atoms with Crippen LogP contribution in [0.4, 0.5) is 5.82 Å². The van der Waals surface area contributed by atoms with Crippen molar-refractivity contribution in [2.75, 3.05) is 5.73 Å². The van der Waals surface area contributed by atoms with Gasteiger partial charge in [-0.2, -0.15) is 4.98 Å². The maximum Gasteiger partial charge on any atom is 0.200 e. The predicted octanol–water partition coefficient (Wildman–Crippen LogP) is 2.42. The highest BCUT2D eigenvalue weighted by Gasteiger charge is 2.03. The second-order valence-electron chi connectivity index (χ2n) is 3.51. The molecule has 0 bridgehead atoms. The molecule has 0 aliphatic carbocycles. The monoisotopic (exact) mass is 228 g/mol. The summed E-state index contributed by atoms with van der Waals surface area (Å²) in [7, 11) is 0. The fraction of sp³-hybridized carbons (Fsp3) is 0. The molecule has 0 aliphatic heterocycles. The molecule has 2 aromatic heterocycles. The first-order valence-corrected chi connectivity index (χ1v) is 5.20. The van der Waals surface area contributed by atoms with Gasteiger partial charge in [0.25, 0.3) is 0 Å². The average molecular weight is 228 g/mol. The van der Waals surface area contributed by atoms with Gasteiger partial charge in [-0.05, 0) is 24.4 Å². The Labute approximate surface area is 96.2 Å². The van der Waals surface area contributed by atoms with Gasteiger partial charge in [0.1, 0.15) is 5.82 Å². The summed E-state index contributed by atoms with van der Waals surface area (Å²) in [6.07, 6.45) is 0. The highest BCUT2D eigenvalue weighted by Crippen LogP contribution is 2.20. The van der Waals surface area contributed by atoms with Crippen LogP contribution in [0.1, 0.15) is 0 Å². The van der Waals surface area contributed by atoms with Crippen LogP contribution in [0, 0.1) is 4.77 Å². The van der Waals surface area contributed by atoms with Crippen LogP contribution in [0.3, 0.4) is 0 Å². The first kappa shape index (κ1) is 9.23. The number of nitrogen functional groups attached to an aromatic ring is 1. The van der Waals surface area contributed by atoms with Crippen molar-refractivity contribution in [1.82, 2.24) is 15.0 Å². The molecule has 0 spiro atoms. The standard InChI is InChI=1S/C11H8N4S/c12-9-7-5-6-3-1-2-4-8(6)13-10(7)15-11(16)14-9/h1-5H,(H3,12,13,14,15,16). The number of benzene rings is 1. The fourth-order valence-corrected chi connectivity index (χ4v) is 1.89. The van der Waals surface area contributed by atoms with Gasteiger partial charge in [0.05, 0.1) is 10.9 Å². The summed E-state index contributed by atoms with van der Waals surface area (Å²) in [6, 6.07) is 9.79. The number of nitrogens with two attached hydrogens (primary N) is 1. The van der Waals surface area contributed by atoms with E-state index in [1.54, 1.807) is 0 Å². The van der Waals surface area contributed by atoms with Crippen molar-refractivity contribution in [3.8, 4) is 0 Å². The Morgan fingerprint density at radius 3 is 2.88 bits per heavy atom. The third-order valence-electron chi connectivity index (χ3n) is 2.44. The van der Waals surface area contributed by atoms with Crippen LogP contribution in [-0.2, 0) is 0 Å². The number of pyridine rings is 1. The van der Waals surface area contributed by atoms with Gasteiger partial charge in [0.2, 0.25) is 0 Å². The third-order valence-corrected chi connectivity index (χ3v) is 2.64. The molecule has 3 rings (SSSR count). The molecule has 16 heavy (non-hydrogen) atoms. The summed E-state index contributed by atoms with van der Waals surface area (Å²) >= 11 is 4.96. The van der Waals surface area contributed by atoms with Crippen LogP contribution in [0.15, 0.2) is 30.3 Å². The van der Waals surface area contributed by atoms with E-state index in [-0.39, 0.29) is 0 Å². The zero-order chi connectivity index (χ0) is 11.1. The van der Waals surface area contributed by atoms with Gasteiger partial charge < -0.3 is 10.7 Å². The lowest BCUT2D eigenvalue weighted by molar-refractivity contribution is 1.17. The molecule has 4 nitrogen and oxygen atoms in total. The van der Waals surface area contributed by atoms with Crippen LogP contribution in [0.5, 0.6) is 0 Å². The van der Waals surface area contributed by atoms with Crippen molar-refractivity contribution in [2.45, 2.75) is 0 Å². The number of hydrogen-bond donors (Lipinski definition) is 2. The number of hydrogen-bond acceptors (Lipinski definition) is 4. The van der Waals surface area contributed by atoms with Crippen molar-refractivity contribution < 1.29 is 0 Å². The molecule has 0 atom stereocenters. The molecule has 0 radical (unpaired) electrons. The van der Waals surface area contributed by atoms with E-state index in [4.69, 9.17) is 18.0 Å². The van der Waals surface area contributed by atoms with E-state index in [1.807, 2.05) is 30.3 Å². The van der Waals surface area contributed by atoms with Crippen molar-refractivity contribution in [2.24, 2.45) is 0 Å². The summed E-state index contributed by atoms with van der Waals surface area (Å²) in [4.78, 5) is 11.4. The summed E-state index contributed by atoms with van der Waals surface area (Å²) in [6.45, 7) is 0. The summed E-state index contributed by atoms with van der Waals surface area (Å²) in [5, 5.41) is 1.83. The Bertz CT molecular complexity index is 748. The number of nitrogens with zero attached hydrogens (tertiary/aromatic N) is 2. The molecule has 0 saturated heterocycles. The number of fused-ring (bicyclic) bond motifs is 2. The zero-order valence-electron chi connectivity index (χ0n) is 8.27. The minimum Gasteiger partial charge on any atom is -0.385 e. The minimum absolute atomic E-state index is 0.354. The topological polar surface area (TPSA) is 67.6 Å². The van der Waals surface area contributed by atoms with Crippen LogP contribution >= 0.6 is 12.2 Å². The predicted molar refractivity (Wildman–Crippen MR) is 66.6 cm³/mol. The van der Waals surface area contributed by atoms with Gasteiger partial charge in [0.15, 0.2) is 10.4 Å². The first-order chi connectivity index (χ1) is 7.74. The Morgan fingerprint density at radius 1 is 1.19 bits per heavy atom. The Balaban J connectivity index is 2.56. The quantitative estimate of drug-likeness (QED) is 0.458. The van der Waals surface area contributed by atoms with E-state index in [9.17, 15) is 0 Å². The summed E-state index contributed by atoms with van der Waals surface area (Å²) < 4.78 is 0.354. The lowest BCUT2D eigenvalue weighted by Crippen LogP contribution is -1.96. The Morgan fingerprint density at radius 2 is 2.00 bits per heavy atom. The van der Waals surface area contributed by atoms with E-state index in [2.05, 4.69) is 15.0 Å². The lowest BCUT2D eigenvalue weighted by Gasteiger charge is -2.02. The second kappa shape index (κ2) is 3.24.